The Morgan fingerprint density at radius 3 is 2.15 bits per heavy atom. The topological polar surface area (TPSA) is 86.8 Å². The van der Waals surface area contributed by atoms with Crippen LogP contribution in [0, 0.1) is 6.92 Å². The quantitative estimate of drug-likeness (QED) is 0.254. The molecule has 220 valence electrons. The number of sulfonamides is 1. The van der Waals surface area contributed by atoms with Crippen molar-refractivity contribution in [1.82, 2.24) is 10.2 Å². The van der Waals surface area contributed by atoms with Crippen molar-refractivity contribution in [2.45, 2.75) is 58.7 Å². The fraction of sp³-hybridized carbons (Fsp3) is 0.355. The first-order valence-electron chi connectivity index (χ1n) is 13.5. The third kappa shape index (κ3) is 9.76. The van der Waals surface area contributed by atoms with E-state index in [1.165, 1.54) is 4.31 Å². The lowest BCUT2D eigenvalue weighted by Gasteiger charge is -2.32. The molecule has 7 nitrogen and oxygen atoms in total. The molecule has 3 rings (SSSR count). The van der Waals surface area contributed by atoms with Gasteiger partial charge < -0.3 is 10.2 Å². The normalized spacial score (nSPS) is 12.2. The van der Waals surface area contributed by atoms with Gasteiger partial charge in [-0.15, -0.1) is 0 Å². The first-order chi connectivity index (χ1) is 19.3. The summed E-state index contributed by atoms with van der Waals surface area (Å²) in [4.78, 5) is 28.9. The van der Waals surface area contributed by atoms with E-state index < -0.39 is 16.1 Å². The van der Waals surface area contributed by atoms with Crippen molar-refractivity contribution in [2.24, 2.45) is 0 Å². The van der Waals surface area contributed by atoms with Crippen LogP contribution in [0.3, 0.4) is 0 Å². The minimum atomic E-state index is -3.64. The van der Waals surface area contributed by atoms with E-state index >= 15 is 0 Å². The molecule has 0 fully saturated rings. The number of aryl methyl sites for hydroxylation is 1. The van der Waals surface area contributed by atoms with Crippen molar-refractivity contribution < 1.29 is 18.0 Å². The van der Waals surface area contributed by atoms with Crippen LogP contribution in [0.15, 0.2) is 72.8 Å². The number of carbonyl (C=O) groups excluding carboxylic acids is 2. The summed E-state index contributed by atoms with van der Waals surface area (Å²) in [7, 11) is -3.64. The fourth-order valence-electron chi connectivity index (χ4n) is 4.55. The van der Waals surface area contributed by atoms with Gasteiger partial charge in [-0.3, -0.25) is 13.9 Å². The minimum Gasteiger partial charge on any atom is -0.352 e. The van der Waals surface area contributed by atoms with Crippen molar-refractivity contribution >= 4 is 50.7 Å². The molecular formula is C31H37Cl2N3O4S. The predicted molar refractivity (Wildman–Crippen MR) is 167 cm³/mol. The number of nitrogens with one attached hydrogen (secondary N) is 1. The highest BCUT2D eigenvalue weighted by Gasteiger charge is 2.31. The van der Waals surface area contributed by atoms with Gasteiger partial charge in [-0.05, 0) is 68.1 Å². The second-order valence-electron chi connectivity index (χ2n) is 10.4. The fourth-order valence-corrected chi connectivity index (χ4v) is 5.86. The summed E-state index contributed by atoms with van der Waals surface area (Å²) in [5.74, 6) is -0.505. The lowest BCUT2D eigenvalue weighted by atomic mass is 10.0. The Balaban J connectivity index is 1.89. The highest BCUT2D eigenvalue weighted by Crippen LogP contribution is 2.27. The molecule has 0 saturated heterocycles. The molecule has 0 bridgehead atoms. The molecule has 41 heavy (non-hydrogen) atoms. The van der Waals surface area contributed by atoms with Gasteiger partial charge in [-0.2, -0.15) is 0 Å². The third-order valence-corrected chi connectivity index (χ3v) is 8.23. The lowest BCUT2D eigenvalue weighted by molar-refractivity contribution is -0.141. The number of rotatable bonds is 13. The molecule has 1 atom stereocenters. The molecule has 0 unspecified atom stereocenters. The summed E-state index contributed by atoms with van der Waals surface area (Å²) in [6.45, 7) is 5.84. The first kappa shape index (κ1) is 32.4. The van der Waals surface area contributed by atoms with E-state index in [1.807, 2.05) is 63.2 Å². The first-order valence-corrected chi connectivity index (χ1v) is 16.1. The average molecular weight is 619 g/mol. The zero-order valence-electron chi connectivity index (χ0n) is 23.8. The van der Waals surface area contributed by atoms with E-state index in [9.17, 15) is 18.0 Å². The SMILES string of the molecule is Cc1ccc(Cl)cc1N(CCCC(=O)N(Cc1ccc(Cl)cc1)[C@H](Cc1ccccc1)C(=O)NC(C)C)S(C)(=O)=O. The van der Waals surface area contributed by atoms with Crippen molar-refractivity contribution in [3.63, 3.8) is 0 Å². The van der Waals surface area contributed by atoms with Crippen LogP contribution >= 0.6 is 23.2 Å². The van der Waals surface area contributed by atoms with Crippen LogP contribution in [0.1, 0.15) is 43.4 Å². The van der Waals surface area contributed by atoms with Gasteiger partial charge in [0.05, 0.1) is 11.9 Å². The molecule has 0 aromatic heterocycles. The number of hydrogen-bond acceptors (Lipinski definition) is 4. The minimum absolute atomic E-state index is 0.0411. The molecule has 0 spiro atoms. The average Bonchev–Trinajstić information content (AvgIpc) is 2.90. The van der Waals surface area contributed by atoms with E-state index in [0.717, 1.165) is 22.9 Å². The number of benzene rings is 3. The van der Waals surface area contributed by atoms with E-state index in [-0.39, 0.29) is 43.8 Å². The van der Waals surface area contributed by atoms with Gasteiger partial charge in [0, 0.05) is 42.0 Å². The summed E-state index contributed by atoms with van der Waals surface area (Å²) < 4.78 is 26.7. The van der Waals surface area contributed by atoms with Crippen LogP contribution < -0.4 is 9.62 Å². The Morgan fingerprint density at radius 1 is 0.902 bits per heavy atom. The molecule has 1 N–H and O–H groups in total. The monoisotopic (exact) mass is 617 g/mol. The highest BCUT2D eigenvalue weighted by atomic mass is 35.5. The van der Waals surface area contributed by atoms with Crippen LogP contribution in [0.5, 0.6) is 0 Å². The maximum Gasteiger partial charge on any atom is 0.243 e. The molecule has 2 amide bonds. The van der Waals surface area contributed by atoms with Gasteiger partial charge in [0.1, 0.15) is 6.04 Å². The zero-order chi connectivity index (χ0) is 30.2. The Bertz CT molecular complexity index is 1430. The largest absolute Gasteiger partial charge is 0.352 e. The van der Waals surface area contributed by atoms with Crippen LogP contribution in [-0.4, -0.2) is 50.0 Å². The number of hydrogen-bond donors (Lipinski definition) is 1. The molecule has 3 aromatic carbocycles. The number of nitrogens with zero attached hydrogens (tertiary/aromatic N) is 2. The Kier molecular flexibility index (Phi) is 11.6. The molecule has 0 aliphatic carbocycles. The number of amides is 2. The molecule has 0 aliphatic heterocycles. The van der Waals surface area contributed by atoms with Crippen molar-refractivity contribution in [1.29, 1.82) is 0 Å². The zero-order valence-corrected chi connectivity index (χ0v) is 26.1. The molecular weight excluding hydrogens is 581 g/mol. The lowest BCUT2D eigenvalue weighted by Crippen LogP contribution is -2.51. The number of carbonyl (C=O) groups is 2. The third-order valence-electron chi connectivity index (χ3n) is 6.56. The van der Waals surface area contributed by atoms with Gasteiger partial charge in [0.2, 0.25) is 21.8 Å². The summed E-state index contributed by atoms with van der Waals surface area (Å²) in [5, 5.41) is 3.96. The van der Waals surface area contributed by atoms with E-state index in [1.54, 1.807) is 35.2 Å². The highest BCUT2D eigenvalue weighted by molar-refractivity contribution is 7.92. The van der Waals surface area contributed by atoms with Gasteiger partial charge in [0.15, 0.2) is 0 Å². The Morgan fingerprint density at radius 2 is 1.54 bits per heavy atom. The summed E-state index contributed by atoms with van der Waals surface area (Å²) in [6, 6.07) is 20.9. The smallest absolute Gasteiger partial charge is 0.243 e. The molecule has 0 aliphatic rings. The second kappa shape index (κ2) is 14.7. The number of anilines is 1. The van der Waals surface area contributed by atoms with E-state index in [4.69, 9.17) is 23.2 Å². The van der Waals surface area contributed by atoms with Gasteiger partial charge >= 0.3 is 0 Å². The Labute approximate surface area is 253 Å². The van der Waals surface area contributed by atoms with Crippen molar-refractivity contribution in [3.05, 3.63) is 99.5 Å². The molecule has 10 heteroatoms. The number of halogens is 2. The standard InChI is InChI=1S/C31H37Cl2N3O4S/c1-22(2)34-31(38)29(19-24-9-6-5-7-10-24)35(21-25-13-16-26(32)17-14-25)30(37)11-8-18-36(41(4,39)40)28-20-27(33)15-12-23(28)3/h5-7,9-10,12-17,20,22,29H,8,11,18-19,21H2,1-4H3,(H,34,38)/t29-/m1/s1. The van der Waals surface area contributed by atoms with Crippen molar-refractivity contribution in [3.8, 4) is 0 Å². The summed E-state index contributed by atoms with van der Waals surface area (Å²) >= 11 is 12.3. The van der Waals surface area contributed by atoms with Crippen LogP contribution in [0.25, 0.3) is 0 Å². The molecule has 0 saturated carbocycles. The predicted octanol–water partition coefficient (Wildman–Crippen LogP) is 6.01. The van der Waals surface area contributed by atoms with Gasteiger partial charge in [0.25, 0.3) is 0 Å². The van der Waals surface area contributed by atoms with Gasteiger partial charge in [-0.25, -0.2) is 8.42 Å². The molecule has 0 radical (unpaired) electrons. The summed E-state index contributed by atoms with van der Waals surface area (Å²) in [6.07, 6.45) is 1.75. The van der Waals surface area contributed by atoms with Crippen LogP contribution in [0.4, 0.5) is 5.69 Å². The van der Waals surface area contributed by atoms with Gasteiger partial charge in [-0.1, -0.05) is 71.7 Å². The maximum absolute atomic E-state index is 13.9. The van der Waals surface area contributed by atoms with Crippen molar-refractivity contribution in [2.75, 3.05) is 17.1 Å². The summed E-state index contributed by atoms with van der Waals surface area (Å²) in [5.41, 5.74) is 2.98. The van der Waals surface area contributed by atoms with Crippen LogP contribution in [0.2, 0.25) is 10.0 Å². The maximum atomic E-state index is 13.9. The van der Waals surface area contributed by atoms with Crippen LogP contribution in [-0.2, 0) is 32.6 Å². The second-order valence-corrected chi connectivity index (χ2v) is 13.2. The molecule has 3 aromatic rings. The van der Waals surface area contributed by atoms with E-state index in [2.05, 4.69) is 5.32 Å². The molecule has 0 heterocycles. The Hall–Kier alpha value is -3.07. The van der Waals surface area contributed by atoms with E-state index in [0.29, 0.717) is 22.2 Å².